The van der Waals surface area contributed by atoms with Crippen molar-refractivity contribution in [3.05, 3.63) is 29.8 Å². The van der Waals surface area contributed by atoms with Crippen molar-refractivity contribution in [1.82, 2.24) is 5.32 Å². The minimum atomic E-state index is -0.507. The van der Waals surface area contributed by atoms with Gasteiger partial charge in [0.05, 0.1) is 11.7 Å². The van der Waals surface area contributed by atoms with Crippen molar-refractivity contribution < 1.29 is 19.1 Å². The Kier molecular flexibility index (Phi) is 4.61. The molecule has 5 nitrogen and oxygen atoms in total. The Morgan fingerprint density at radius 1 is 1.25 bits per heavy atom. The van der Waals surface area contributed by atoms with Crippen molar-refractivity contribution in [2.75, 3.05) is 6.61 Å². The molecule has 1 fully saturated rings. The lowest BCUT2D eigenvalue weighted by atomic mass is 10.2. The van der Waals surface area contributed by atoms with Crippen LogP contribution in [0.1, 0.15) is 37.0 Å². The fourth-order valence-electron chi connectivity index (χ4n) is 1.65. The van der Waals surface area contributed by atoms with E-state index in [1.807, 2.05) is 13.8 Å². The second-order valence-electron chi connectivity index (χ2n) is 5.11. The molecule has 2 rings (SSSR count). The molecule has 1 amide bonds. The predicted molar refractivity (Wildman–Crippen MR) is 73.7 cm³/mol. The highest BCUT2D eigenvalue weighted by Gasteiger charge is 2.23. The number of nitrogens with one attached hydrogen (secondary N) is 1. The molecule has 1 saturated carbocycles. The molecule has 0 atom stereocenters. The molecular weight excluding hydrogens is 258 g/mol. The van der Waals surface area contributed by atoms with Crippen LogP contribution in [-0.2, 0) is 9.53 Å². The summed E-state index contributed by atoms with van der Waals surface area (Å²) < 4.78 is 10.4. The first-order valence-electron chi connectivity index (χ1n) is 6.78. The summed E-state index contributed by atoms with van der Waals surface area (Å²) in [6, 6.07) is 6.94. The van der Waals surface area contributed by atoms with Crippen molar-refractivity contribution >= 4 is 11.9 Å². The maximum absolute atomic E-state index is 11.7. The standard InChI is InChI=1S/C15H19NO4/c1-10(2)20-13-7-3-11(4-8-13)15(18)19-9-14(17)16-12-5-6-12/h3-4,7-8,10,12H,5-6,9H2,1-2H3,(H,16,17). The normalized spacial score (nSPS) is 13.9. The smallest absolute Gasteiger partial charge is 0.338 e. The van der Waals surface area contributed by atoms with Crippen LogP contribution in [0.4, 0.5) is 0 Å². The highest BCUT2D eigenvalue weighted by Crippen LogP contribution is 2.18. The quantitative estimate of drug-likeness (QED) is 0.807. The number of benzene rings is 1. The van der Waals surface area contributed by atoms with Crippen LogP contribution in [0.3, 0.4) is 0 Å². The third-order valence-electron chi connectivity index (χ3n) is 2.74. The van der Waals surface area contributed by atoms with E-state index in [1.54, 1.807) is 24.3 Å². The van der Waals surface area contributed by atoms with Crippen LogP contribution in [-0.4, -0.2) is 30.6 Å². The molecule has 1 N–H and O–H groups in total. The van der Waals surface area contributed by atoms with Gasteiger partial charge in [-0.3, -0.25) is 4.79 Å². The molecule has 0 heterocycles. The summed E-state index contributed by atoms with van der Waals surface area (Å²) in [4.78, 5) is 23.1. The maximum Gasteiger partial charge on any atom is 0.338 e. The zero-order chi connectivity index (χ0) is 14.5. The third-order valence-corrected chi connectivity index (χ3v) is 2.74. The minimum Gasteiger partial charge on any atom is -0.491 e. The molecule has 1 aliphatic rings. The minimum absolute atomic E-state index is 0.0823. The lowest BCUT2D eigenvalue weighted by Gasteiger charge is -2.10. The Bertz CT molecular complexity index is 477. The van der Waals surface area contributed by atoms with Gasteiger partial charge >= 0.3 is 5.97 Å². The van der Waals surface area contributed by atoms with Crippen LogP contribution in [0, 0.1) is 0 Å². The third kappa shape index (κ3) is 4.57. The summed E-state index contributed by atoms with van der Waals surface area (Å²) in [5, 5.41) is 2.76. The van der Waals surface area contributed by atoms with Crippen molar-refractivity contribution in [1.29, 1.82) is 0 Å². The van der Waals surface area contributed by atoms with Crippen LogP contribution in [0.25, 0.3) is 0 Å². The van der Waals surface area contributed by atoms with Crippen LogP contribution >= 0.6 is 0 Å². The molecule has 0 aromatic heterocycles. The van der Waals surface area contributed by atoms with Gasteiger partial charge in [-0.15, -0.1) is 0 Å². The van der Waals surface area contributed by atoms with E-state index in [1.165, 1.54) is 0 Å². The second kappa shape index (κ2) is 6.41. The first kappa shape index (κ1) is 14.4. The van der Waals surface area contributed by atoms with Gasteiger partial charge in [-0.2, -0.15) is 0 Å². The average Bonchev–Trinajstić information content (AvgIpc) is 3.20. The zero-order valence-corrected chi connectivity index (χ0v) is 11.7. The summed E-state index contributed by atoms with van der Waals surface area (Å²) in [6.07, 6.45) is 2.10. The molecule has 5 heteroatoms. The fourth-order valence-corrected chi connectivity index (χ4v) is 1.65. The Morgan fingerprint density at radius 3 is 2.45 bits per heavy atom. The van der Waals surface area contributed by atoms with Gasteiger partial charge in [0.2, 0.25) is 0 Å². The number of carbonyl (C=O) groups excluding carboxylic acids is 2. The summed E-state index contributed by atoms with van der Waals surface area (Å²) in [7, 11) is 0. The van der Waals surface area contributed by atoms with E-state index < -0.39 is 5.97 Å². The largest absolute Gasteiger partial charge is 0.491 e. The SMILES string of the molecule is CC(C)Oc1ccc(C(=O)OCC(=O)NC2CC2)cc1. The molecule has 1 aromatic rings. The van der Waals surface area contributed by atoms with Gasteiger partial charge in [0, 0.05) is 6.04 Å². The van der Waals surface area contributed by atoms with Gasteiger partial charge in [-0.25, -0.2) is 4.79 Å². The van der Waals surface area contributed by atoms with Gasteiger partial charge in [0.15, 0.2) is 6.61 Å². The Morgan fingerprint density at radius 2 is 1.90 bits per heavy atom. The van der Waals surface area contributed by atoms with E-state index in [0.717, 1.165) is 12.8 Å². The van der Waals surface area contributed by atoms with E-state index in [4.69, 9.17) is 9.47 Å². The van der Waals surface area contributed by atoms with Crippen LogP contribution in [0.15, 0.2) is 24.3 Å². The molecule has 0 saturated heterocycles. The van der Waals surface area contributed by atoms with Crippen LogP contribution < -0.4 is 10.1 Å². The summed E-state index contributed by atoms with van der Waals surface area (Å²) in [5.41, 5.74) is 0.403. The Balaban J connectivity index is 1.80. The first-order chi connectivity index (χ1) is 9.54. The molecule has 0 radical (unpaired) electrons. The second-order valence-corrected chi connectivity index (χ2v) is 5.11. The number of esters is 1. The lowest BCUT2D eigenvalue weighted by molar-refractivity contribution is -0.124. The number of amides is 1. The highest BCUT2D eigenvalue weighted by molar-refractivity contribution is 5.91. The zero-order valence-electron chi connectivity index (χ0n) is 11.7. The van der Waals surface area contributed by atoms with Gasteiger partial charge in [-0.05, 0) is 51.0 Å². The number of hydrogen-bond acceptors (Lipinski definition) is 4. The Hall–Kier alpha value is -2.04. The monoisotopic (exact) mass is 277 g/mol. The number of carbonyl (C=O) groups is 2. The lowest BCUT2D eigenvalue weighted by Crippen LogP contribution is -2.30. The molecule has 1 aromatic carbocycles. The van der Waals surface area contributed by atoms with E-state index in [0.29, 0.717) is 11.3 Å². The molecule has 1 aliphatic carbocycles. The van der Waals surface area contributed by atoms with Crippen LogP contribution in [0.5, 0.6) is 5.75 Å². The Labute approximate surface area is 118 Å². The fraction of sp³-hybridized carbons (Fsp3) is 0.467. The van der Waals surface area contributed by atoms with Crippen molar-refractivity contribution in [2.24, 2.45) is 0 Å². The van der Waals surface area contributed by atoms with Crippen molar-refractivity contribution in [3.8, 4) is 5.75 Å². The molecule has 0 bridgehead atoms. The van der Waals surface area contributed by atoms with Gasteiger partial charge in [0.25, 0.3) is 5.91 Å². The molecule has 0 unspecified atom stereocenters. The predicted octanol–water partition coefficient (Wildman–Crippen LogP) is 1.91. The number of rotatable bonds is 6. The van der Waals surface area contributed by atoms with E-state index >= 15 is 0 Å². The molecular formula is C15H19NO4. The van der Waals surface area contributed by atoms with E-state index in [-0.39, 0.29) is 24.7 Å². The maximum atomic E-state index is 11.7. The molecule has 0 spiro atoms. The average molecular weight is 277 g/mol. The number of hydrogen-bond donors (Lipinski definition) is 1. The molecule has 20 heavy (non-hydrogen) atoms. The van der Waals surface area contributed by atoms with E-state index in [9.17, 15) is 9.59 Å². The van der Waals surface area contributed by atoms with Gasteiger partial charge in [0.1, 0.15) is 5.75 Å². The topological polar surface area (TPSA) is 64.6 Å². The van der Waals surface area contributed by atoms with E-state index in [2.05, 4.69) is 5.32 Å². The van der Waals surface area contributed by atoms with Gasteiger partial charge < -0.3 is 14.8 Å². The summed E-state index contributed by atoms with van der Waals surface area (Å²) in [5.74, 6) is -0.0596. The molecule has 0 aliphatic heterocycles. The number of ether oxygens (including phenoxy) is 2. The van der Waals surface area contributed by atoms with Gasteiger partial charge in [-0.1, -0.05) is 0 Å². The van der Waals surface area contributed by atoms with Crippen molar-refractivity contribution in [2.45, 2.75) is 38.8 Å². The van der Waals surface area contributed by atoms with Crippen molar-refractivity contribution in [3.63, 3.8) is 0 Å². The highest BCUT2D eigenvalue weighted by atomic mass is 16.5. The van der Waals surface area contributed by atoms with Crippen LogP contribution in [0.2, 0.25) is 0 Å². The first-order valence-corrected chi connectivity index (χ1v) is 6.78. The summed E-state index contributed by atoms with van der Waals surface area (Å²) in [6.45, 7) is 3.63. The molecule has 108 valence electrons. The summed E-state index contributed by atoms with van der Waals surface area (Å²) >= 11 is 0.